The Balaban J connectivity index is 1.54. The van der Waals surface area contributed by atoms with Crippen molar-refractivity contribution in [3.8, 4) is 40.1 Å². The molecule has 0 spiro atoms. The molecular formula is C47H58N10O8. The van der Waals surface area contributed by atoms with Crippen molar-refractivity contribution in [1.29, 1.82) is 5.26 Å². The molecule has 0 fully saturated rings. The fourth-order valence-corrected chi connectivity index (χ4v) is 7.46. The SMILES string of the molecule is Cc1nc(-c2ccc(C(C)(C)C)cc2)nc(C)c1C(=O)N[C@@H](CCN)C(=O)N(C)[C@@H]1C(=O)N[C@@H](C)C(=O)N[C@H](C(=O)NCC#N)Cc2ccc(OC[C@H](O)CN)c(c2)-c2cc1ccc2O. The molecule has 4 bridgehead atoms. The van der Waals surface area contributed by atoms with Gasteiger partial charge in [0, 0.05) is 36.7 Å². The number of ether oxygens (including phenoxy) is 1. The van der Waals surface area contributed by atoms with Gasteiger partial charge in [0.25, 0.3) is 5.91 Å². The molecule has 0 aliphatic carbocycles. The Morgan fingerprint density at radius 1 is 0.985 bits per heavy atom. The molecule has 3 aromatic carbocycles. The summed E-state index contributed by atoms with van der Waals surface area (Å²) in [5, 5.41) is 41.3. The number of nitrogens with zero attached hydrogens (tertiary/aromatic N) is 4. The minimum absolute atomic E-state index is 0.0268. The smallest absolute Gasteiger partial charge is 0.255 e. The molecule has 18 nitrogen and oxygen atoms in total. The quantitative estimate of drug-likeness (QED) is 0.0893. The van der Waals surface area contributed by atoms with Gasteiger partial charge in [0.2, 0.25) is 23.6 Å². The van der Waals surface area contributed by atoms with Crippen LogP contribution in [0.4, 0.5) is 0 Å². The Hall–Kier alpha value is -6.94. The number of rotatable bonds is 13. The first-order chi connectivity index (χ1) is 30.8. The van der Waals surface area contributed by atoms with E-state index < -0.39 is 59.8 Å². The minimum Gasteiger partial charge on any atom is -0.507 e. The van der Waals surface area contributed by atoms with Gasteiger partial charge in [0.1, 0.15) is 54.9 Å². The number of amides is 5. The molecule has 0 saturated carbocycles. The zero-order chi connectivity index (χ0) is 47.7. The van der Waals surface area contributed by atoms with E-state index in [1.165, 1.54) is 32.2 Å². The number of nitriles is 1. The second-order valence-electron chi connectivity index (χ2n) is 17.1. The van der Waals surface area contributed by atoms with E-state index in [1.54, 1.807) is 32.0 Å². The number of nitrogens with one attached hydrogen (secondary N) is 4. The van der Waals surface area contributed by atoms with Gasteiger partial charge in [-0.2, -0.15) is 5.26 Å². The lowest BCUT2D eigenvalue weighted by Crippen LogP contribution is -2.56. The summed E-state index contributed by atoms with van der Waals surface area (Å²) in [6, 6.07) is 13.6. The van der Waals surface area contributed by atoms with Crippen LogP contribution in [-0.2, 0) is 31.0 Å². The summed E-state index contributed by atoms with van der Waals surface area (Å²) in [4.78, 5) is 80.4. The van der Waals surface area contributed by atoms with Crippen LogP contribution < -0.4 is 37.5 Å². The number of aliphatic hydroxyl groups is 1. The van der Waals surface area contributed by atoms with Crippen molar-refractivity contribution < 1.29 is 38.9 Å². The lowest BCUT2D eigenvalue weighted by Gasteiger charge is -2.32. The number of likely N-dealkylation sites (N-methyl/N-ethyl adjacent to an activating group) is 1. The monoisotopic (exact) mass is 890 g/mol. The summed E-state index contributed by atoms with van der Waals surface area (Å²) in [5.74, 6) is -3.19. The molecule has 5 amide bonds. The lowest BCUT2D eigenvalue weighted by atomic mass is 9.86. The number of phenolic OH excluding ortho intramolecular Hbond substituents is 1. The third-order valence-electron chi connectivity index (χ3n) is 11.1. The third-order valence-corrected chi connectivity index (χ3v) is 11.1. The highest BCUT2D eigenvalue weighted by molar-refractivity contribution is 6.00. The van der Waals surface area contributed by atoms with E-state index in [4.69, 9.17) is 21.5 Å². The summed E-state index contributed by atoms with van der Waals surface area (Å²) in [6.45, 7) is 10.4. The van der Waals surface area contributed by atoms with E-state index in [1.807, 2.05) is 30.3 Å². The molecule has 10 N–H and O–H groups in total. The maximum Gasteiger partial charge on any atom is 0.255 e. The largest absolute Gasteiger partial charge is 0.507 e. The molecule has 0 radical (unpaired) electrons. The highest BCUT2D eigenvalue weighted by Crippen LogP contribution is 2.39. The van der Waals surface area contributed by atoms with Crippen molar-refractivity contribution in [2.45, 2.75) is 90.1 Å². The maximum atomic E-state index is 14.6. The number of carbonyl (C=O) groups is 5. The van der Waals surface area contributed by atoms with Crippen LogP contribution in [0.1, 0.15) is 78.6 Å². The first-order valence-corrected chi connectivity index (χ1v) is 21.2. The zero-order valence-corrected chi connectivity index (χ0v) is 37.7. The number of aromatic hydroxyl groups is 1. The van der Waals surface area contributed by atoms with Gasteiger partial charge in [-0.3, -0.25) is 24.0 Å². The van der Waals surface area contributed by atoms with E-state index in [2.05, 4.69) is 52.0 Å². The third kappa shape index (κ3) is 11.8. The van der Waals surface area contributed by atoms with Crippen molar-refractivity contribution in [2.24, 2.45) is 11.5 Å². The molecular weight excluding hydrogens is 833 g/mol. The van der Waals surface area contributed by atoms with Gasteiger partial charge >= 0.3 is 0 Å². The number of carbonyl (C=O) groups excluding carboxylic acids is 5. The van der Waals surface area contributed by atoms with Crippen LogP contribution in [0.2, 0.25) is 0 Å². The van der Waals surface area contributed by atoms with E-state index in [-0.39, 0.29) is 78.3 Å². The summed E-state index contributed by atoms with van der Waals surface area (Å²) in [6.07, 6.45) is -1.13. The van der Waals surface area contributed by atoms with E-state index in [0.717, 1.165) is 16.0 Å². The Bertz CT molecular complexity index is 2440. The number of aryl methyl sites for hydroxylation is 2. The van der Waals surface area contributed by atoms with Crippen LogP contribution in [-0.4, -0.2) is 112 Å². The minimum atomic E-state index is -1.48. The van der Waals surface area contributed by atoms with Gasteiger partial charge in [0.15, 0.2) is 5.82 Å². The number of aromatic nitrogens is 2. The lowest BCUT2D eigenvalue weighted by molar-refractivity contribution is -0.141. The molecule has 5 atom stereocenters. The van der Waals surface area contributed by atoms with Gasteiger partial charge in [-0.05, 0) is 80.1 Å². The number of aliphatic hydroxyl groups excluding tert-OH is 1. The van der Waals surface area contributed by atoms with Crippen LogP contribution in [0.5, 0.6) is 11.5 Å². The average Bonchev–Trinajstić information content (AvgIpc) is 3.26. The van der Waals surface area contributed by atoms with E-state index in [0.29, 0.717) is 22.8 Å². The summed E-state index contributed by atoms with van der Waals surface area (Å²) < 4.78 is 5.94. The Morgan fingerprint density at radius 3 is 2.28 bits per heavy atom. The van der Waals surface area contributed by atoms with Crippen LogP contribution in [0.15, 0.2) is 60.7 Å². The van der Waals surface area contributed by atoms with E-state index in [9.17, 15) is 34.2 Å². The van der Waals surface area contributed by atoms with Gasteiger partial charge in [0.05, 0.1) is 23.0 Å². The molecule has 65 heavy (non-hydrogen) atoms. The highest BCUT2D eigenvalue weighted by Gasteiger charge is 2.36. The molecule has 1 aromatic heterocycles. The molecule has 5 rings (SSSR count). The predicted octanol–water partition coefficient (Wildman–Crippen LogP) is 1.96. The van der Waals surface area contributed by atoms with Crippen LogP contribution in [0.3, 0.4) is 0 Å². The first-order valence-electron chi connectivity index (χ1n) is 21.2. The maximum absolute atomic E-state index is 14.6. The number of fused-ring (bicyclic) bond motifs is 5. The molecule has 0 saturated heterocycles. The summed E-state index contributed by atoms with van der Waals surface area (Å²) >= 11 is 0. The fraction of sp³-hybridized carbons (Fsp3) is 0.404. The van der Waals surface area contributed by atoms with Crippen molar-refractivity contribution in [1.82, 2.24) is 36.1 Å². The predicted molar refractivity (Wildman–Crippen MR) is 242 cm³/mol. The van der Waals surface area contributed by atoms with Gasteiger partial charge in [-0.15, -0.1) is 0 Å². The normalized spacial score (nSPS) is 17.3. The molecule has 344 valence electrons. The van der Waals surface area contributed by atoms with Crippen molar-refractivity contribution in [3.05, 3.63) is 94.3 Å². The van der Waals surface area contributed by atoms with Crippen molar-refractivity contribution >= 4 is 29.5 Å². The van der Waals surface area contributed by atoms with Crippen LogP contribution in [0, 0.1) is 25.2 Å². The van der Waals surface area contributed by atoms with E-state index >= 15 is 0 Å². The first kappa shape index (κ1) is 49.1. The summed E-state index contributed by atoms with van der Waals surface area (Å²) in [5.41, 5.74) is 15.5. The number of nitrogens with two attached hydrogens (primary N) is 2. The van der Waals surface area contributed by atoms with Crippen molar-refractivity contribution in [3.63, 3.8) is 0 Å². The molecule has 2 heterocycles. The summed E-state index contributed by atoms with van der Waals surface area (Å²) in [7, 11) is 1.36. The fourth-order valence-electron chi connectivity index (χ4n) is 7.46. The second kappa shape index (κ2) is 21.2. The number of benzene rings is 3. The molecule has 1 aliphatic heterocycles. The Labute approximate surface area is 378 Å². The van der Waals surface area contributed by atoms with Crippen LogP contribution >= 0.6 is 0 Å². The number of hydrogen-bond donors (Lipinski definition) is 8. The number of phenols is 1. The van der Waals surface area contributed by atoms with Gasteiger partial charge < -0.3 is 52.6 Å². The Kier molecular flexibility index (Phi) is 16.0. The zero-order valence-electron chi connectivity index (χ0n) is 37.7. The van der Waals surface area contributed by atoms with Crippen molar-refractivity contribution in [2.75, 3.05) is 33.3 Å². The van der Waals surface area contributed by atoms with Gasteiger partial charge in [-0.25, -0.2) is 9.97 Å². The standard InChI is InChI=1S/C47H58N10O8/c1-25-39(26(2)53-41(52-25)29-9-12-31(13-10-29)47(4,5)6)44(62)55-35(16-17-48)46(64)57(7)40-30-11-14-37(59)33(22-30)34-20-28(8-15-38(34)65-24-32(58)23-50)21-36(43(61)51-19-18-49)56-42(60)27(3)54-45(40)63/h8-15,20,22,27,32,35-36,40,58-59H,16-17,19,21,23-24,48,50H2,1-7H3,(H,51,61)(H,54,63)(H,55,62)(H,56,60)/t27-,32+,35-,36-,40-/m0/s1. The Morgan fingerprint density at radius 2 is 1.66 bits per heavy atom. The molecule has 0 unspecified atom stereocenters. The van der Waals surface area contributed by atoms with Crippen LogP contribution in [0.25, 0.3) is 22.5 Å². The molecule has 4 aromatic rings. The van der Waals surface area contributed by atoms with Gasteiger partial charge in [-0.1, -0.05) is 57.2 Å². The molecule has 18 heteroatoms. The topological polar surface area (TPSA) is 288 Å². The molecule has 1 aliphatic rings. The number of hydrogen-bond acceptors (Lipinski definition) is 13. The average molecular weight is 891 g/mol. The highest BCUT2D eigenvalue weighted by atomic mass is 16.5. The second-order valence-corrected chi connectivity index (χ2v) is 17.1.